The number of anilines is 1. The number of nitrogens with two attached hydrogens (primary N) is 1. The lowest BCUT2D eigenvalue weighted by Gasteiger charge is -2.30. The number of fused-ring (bicyclic) bond motifs is 1. The molecule has 1 aromatic carbocycles. The average Bonchev–Trinajstić information content (AvgIpc) is 3.39. The number of benzene rings is 1. The van der Waals surface area contributed by atoms with Gasteiger partial charge in [-0.25, -0.2) is 14.1 Å². The molecule has 0 radical (unpaired) electrons. The maximum absolute atomic E-state index is 15.1. The molecule has 0 aliphatic heterocycles. The predicted molar refractivity (Wildman–Crippen MR) is 130 cm³/mol. The van der Waals surface area contributed by atoms with E-state index in [2.05, 4.69) is 36.1 Å². The van der Waals surface area contributed by atoms with Gasteiger partial charge in [0.05, 0.1) is 28.4 Å². The Hall–Kier alpha value is -2.81. The first kappa shape index (κ1) is 23.4. The lowest BCUT2D eigenvalue weighted by Crippen LogP contribution is -2.24. The van der Waals surface area contributed by atoms with Crippen LogP contribution in [-0.2, 0) is 25.0 Å². The SMILES string of the molecule is CCc1nn(-c2cc(F)c(C(N)=O)c(NCCSCc3ncc[nH]3)c2)c2c1CCC(C)(C)C2. The molecule has 0 unspecified atom stereocenters. The van der Waals surface area contributed by atoms with Crippen molar-refractivity contribution in [1.29, 1.82) is 0 Å². The number of imidazole rings is 1. The maximum atomic E-state index is 15.1. The van der Waals surface area contributed by atoms with E-state index >= 15 is 4.39 Å². The number of hydrogen-bond donors (Lipinski definition) is 3. The van der Waals surface area contributed by atoms with Crippen LogP contribution in [0.5, 0.6) is 0 Å². The second-order valence-electron chi connectivity index (χ2n) is 9.21. The quantitative estimate of drug-likeness (QED) is 0.406. The average molecular weight is 471 g/mol. The molecule has 1 aliphatic rings. The molecule has 0 spiro atoms. The third kappa shape index (κ3) is 5.08. The monoisotopic (exact) mass is 470 g/mol. The number of H-pyrrole nitrogens is 1. The van der Waals surface area contributed by atoms with Gasteiger partial charge in [0, 0.05) is 36.5 Å². The van der Waals surface area contributed by atoms with Crippen molar-refractivity contribution in [3.05, 3.63) is 58.7 Å². The molecule has 4 N–H and O–H groups in total. The summed E-state index contributed by atoms with van der Waals surface area (Å²) < 4.78 is 16.9. The van der Waals surface area contributed by atoms with Crippen LogP contribution in [0.15, 0.2) is 24.5 Å². The van der Waals surface area contributed by atoms with Crippen molar-refractivity contribution in [3.63, 3.8) is 0 Å². The van der Waals surface area contributed by atoms with Gasteiger partial charge in [0.2, 0.25) is 0 Å². The van der Waals surface area contributed by atoms with E-state index in [0.29, 0.717) is 17.9 Å². The Bertz CT molecular complexity index is 1140. The van der Waals surface area contributed by atoms with Crippen LogP contribution in [0, 0.1) is 11.2 Å². The first-order valence-corrected chi connectivity index (χ1v) is 12.5. The molecule has 1 aliphatic carbocycles. The van der Waals surface area contributed by atoms with Crippen LogP contribution in [-0.4, -0.2) is 38.0 Å². The summed E-state index contributed by atoms with van der Waals surface area (Å²) >= 11 is 1.69. The first-order valence-electron chi connectivity index (χ1n) is 11.3. The number of carbonyl (C=O) groups is 1. The van der Waals surface area contributed by atoms with Crippen LogP contribution in [0.4, 0.5) is 10.1 Å². The minimum Gasteiger partial charge on any atom is -0.383 e. The molecule has 176 valence electrons. The zero-order chi connectivity index (χ0) is 23.6. The second-order valence-corrected chi connectivity index (χ2v) is 10.3. The molecular formula is C24H31FN6OS. The number of primary amides is 1. The molecule has 0 saturated heterocycles. The number of aromatic nitrogens is 4. The van der Waals surface area contributed by atoms with E-state index in [1.54, 1.807) is 30.2 Å². The molecule has 0 atom stereocenters. The fourth-order valence-electron chi connectivity index (χ4n) is 4.42. The van der Waals surface area contributed by atoms with Crippen molar-refractivity contribution < 1.29 is 9.18 Å². The number of nitrogens with zero attached hydrogens (tertiary/aromatic N) is 3. The van der Waals surface area contributed by atoms with Gasteiger partial charge in [-0.1, -0.05) is 20.8 Å². The lowest BCUT2D eigenvalue weighted by molar-refractivity contribution is 0.0997. The van der Waals surface area contributed by atoms with E-state index in [-0.39, 0.29) is 11.0 Å². The van der Waals surface area contributed by atoms with Crippen molar-refractivity contribution in [2.45, 2.75) is 52.2 Å². The smallest absolute Gasteiger partial charge is 0.253 e. The van der Waals surface area contributed by atoms with Crippen LogP contribution < -0.4 is 11.1 Å². The topological polar surface area (TPSA) is 102 Å². The number of carbonyl (C=O) groups excluding carboxylic acids is 1. The third-order valence-corrected chi connectivity index (χ3v) is 7.10. The number of thioether (sulfide) groups is 1. The summed E-state index contributed by atoms with van der Waals surface area (Å²) in [5, 5.41) is 8.04. The number of rotatable bonds is 9. The van der Waals surface area contributed by atoms with E-state index in [0.717, 1.165) is 54.4 Å². The Labute approximate surface area is 197 Å². The highest BCUT2D eigenvalue weighted by Crippen LogP contribution is 2.38. The van der Waals surface area contributed by atoms with E-state index in [1.165, 1.54) is 11.6 Å². The van der Waals surface area contributed by atoms with Crippen LogP contribution in [0.2, 0.25) is 0 Å². The molecule has 1 amide bonds. The van der Waals surface area contributed by atoms with Crippen LogP contribution in [0.3, 0.4) is 0 Å². The highest BCUT2D eigenvalue weighted by molar-refractivity contribution is 7.98. The van der Waals surface area contributed by atoms with Gasteiger partial charge < -0.3 is 16.0 Å². The number of nitrogens with one attached hydrogen (secondary N) is 2. The van der Waals surface area contributed by atoms with Gasteiger partial charge in [-0.15, -0.1) is 0 Å². The second kappa shape index (κ2) is 9.59. The first-order chi connectivity index (χ1) is 15.8. The number of hydrogen-bond acceptors (Lipinski definition) is 5. The third-order valence-electron chi connectivity index (χ3n) is 6.13. The molecule has 0 bridgehead atoms. The Morgan fingerprint density at radius 1 is 1.39 bits per heavy atom. The lowest BCUT2D eigenvalue weighted by atomic mass is 9.76. The summed E-state index contributed by atoms with van der Waals surface area (Å²) in [6, 6.07) is 3.15. The molecule has 2 aromatic heterocycles. The summed E-state index contributed by atoms with van der Waals surface area (Å²) in [6.45, 7) is 7.15. The van der Waals surface area contributed by atoms with Crippen molar-refractivity contribution in [2.24, 2.45) is 11.1 Å². The van der Waals surface area contributed by atoms with Crippen molar-refractivity contribution in [2.75, 3.05) is 17.6 Å². The van der Waals surface area contributed by atoms with Gasteiger partial charge in [0.1, 0.15) is 11.6 Å². The van der Waals surface area contributed by atoms with Crippen molar-refractivity contribution >= 4 is 23.4 Å². The maximum Gasteiger partial charge on any atom is 0.253 e. The van der Waals surface area contributed by atoms with Crippen molar-refractivity contribution in [1.82, 2.24) is 19.7 Å². The van der Waals surface area contributed by atoms with Crippen LogP contribution >= 0.6 is 11.8 Å². The highest BCUT2D eigenvalue weighted by atomic mass is 32.2. The predicted octanol–water partition coefficient (Wildman–Crippen LogP) is 4.26. The van der Waals surface area contributed by atoms with Gasteiger partial charge in [-0.05, 0) is 42.7 Å². The summed E-state index contributed by atoms with van der Waals surface area (Å²) in [6.07, 6.45) is 7.30. The molecule has 3 aromatic rings. The van der Waals surface area contributed by atoms with Crippen molar-refractivity contribution in [3.8, 4) is 5.69 Å². The van der Waals surface area contributed by atoms with E-state index in [1.807, 2.05) is 4.68 Å². The summed E-state index contributed by atoms with van der Waals surface area (Å²) in [4.78, 5) is 19.3. The summed E-state index contributed by atoms with van der Waals surface area (Å²) in [5.41, 5.74) is 10.0. The van der Waals surface area contributed by atoms with E-state index < -0.39 is 11.7 Å². The van der Waals surface area contributed by atoms with Crippen LogP contribution in [0.1, 0.15) is 60.3 Å². The van der Waals surface area contributed by atoms with Gasteiger partial charge in [0.15, 0.2) is 0 Å². The zero-order valence-corrected chi connectivity index (χ0v) is 20.2. The molecular weight excluding hydrogens is 439 g/mol. The summed E-state index contributed by atoms with van der Waals surface area (Å²) in [7, 11) is 0. The Balaban J connectivity index is 1.60. The minimum absolute atomic E-state index is 0.119. The number of halogens is 1. The number of aryl methyl sites for hydroxylation is 1. The Morgan fingerprint density at radius 2 is 2.21 bits per heavy atom. The molecule has 2 heterocycles. The van der Waals surface area contributed by atoms with Gasteiger partial charge in [0.25, 0.3) is 5.91 Å². The minimum atomic E-state index is -0.789. The van der Waals surface area contributed by atoms with Crippen LogP contribution in [0.25, 0.3) is 5.69 Å². The normalized spacial score (nSPS) is 14.8. The van der Waals surface area contributed by atoms with Gasteiger partial charge in [-0.3, -0.25) is 4.79 Å². The molecule has 33 heavy (non-hydrogen) atoms. The number of amides is 1. The molecule has 9 heteroatoms. The number of aromatic amines is 1. The Kier molecular flexibility index (Phi) is 6.78. The standard InChI is InChI=1S/C24H31FN6OS/c1-4-18-16-5-6-24(2,3)13-20(16)31(30-18)15-11-17(25)22(23(26)32)19(12-15)27-9-10-33-14-21-28-7-8-29-21/h7-8,11-12,27H,4-6,9-10,13-14H2,1-3H3,(H2,26,32)(H,28,29). The fraction of sp³-hybridized carbons (Fsp3) is 0.458. The van der Waals surface area contributed by atoms with E-state index in [4.69, 9.17) is 10.8 Å². The molecule has 0 fully saturated rings. The highest BCUT2D eigenvalue weighted by Gasteiger charge is 2.31. The fourth-order valence-corrected chi connectivity index (χ4v) is 5.16. The molecule has 0 saturated carbocycles. The molecule has 7 nitrogen and oxygen atoms in total. The molecule has 4 rings (SSSR count). The largest absolute Gasteiger partial charge is 0.383 e. The van der Waals surface area contributed by atoms with E-state index in [9.17, 15) is 4.79 Å². The summed E-state index contributed by atoms with van der Waals surface area (Å²) in [5.74, 6) is 0.992. The van der Waals surface area contributed by atoms with Gasteiger partial charge >= 0.3 is 0 Å². The van der Waals surface area contributed by atoms with Gasteiger partial charge in [-0.2, -0.15) is 16.9 Å². The Morgan fingerprint density at radius 3 is 2.91 bits per heavy atom. The zero-order valence-electron chi connectivity index (χ0n) is 19.4.